The van der Waals surface area contributed by atoms with E-state index in [1.54, 1.807) is 11.8 Å². The number of amides is 2. The van der Waals surface area contributed by atoms with Crippen molar-refractivity contribution in [2.24, 2.45) is 5.92 Å². The van der Waals surface area contributed by atoms with Crippen LogP contribution < -0.4 is 10.2 Å². The number of aryl methyl sites for hydroxylation is 1. The summed E-state index contributed by atoms with van der Waals surface area (Å²) in [5.41, 5.74) is 2.46. The standard InChI is InChI=1S/C16H20N2O3S/c1-10-4-5-14(7-15(10)17-11(2)19)18-8-13(6-16(18)21)9-22-12(3)20/h4-5,7,13H,6,8-9H2,1-3H3,(H,17,19). The van der Waals surface area contributed by atoms with Crippen LogP contribution in [0.15, 0.2) is 18.2 Å². The van der Waals surface area contributed by atoms with E-state index >= 15 is 0 Å². The summed E-state index contributed by atoms with van der Waals surface area (Å²) in [4.78, 5) is 36.2. The maximum atomic E-state index is 12.2. The van der Waals surface area contributed by atoms with Gasteiger partial charge in [-0.2, -0.15) is 0 Å². The Bertz CT molecular complexity index is 615. The highest BCUT2D eigenvalue weighted by Crippen LogP contribution is 2.30. The van der Waals surface area contributed by atoms with Gasteiger partial charge in [-0.15, -0.1) is 0 Å². The molecule has 1 fully saturated rings. The van der Waals surface area contributed by atoms with E-state index in [1.807, 2.05) is 25.1 Å². The van der Waals surface area contributed by atoms with Gasteiger partial charge in [-0.3, -0.25) is 14.4 Å². The second-order valence-electron chi connectivity index (χ2n) is 5.56. The minimum atomic E-state index is -0.135. The number of nitrogens with zero attached hydrogens (tertiary/aromatic N) is 1. The summed E-state index contributed by atoms with van der Waals surface area (Å²) in [6.07, 6.45) is 0.462. The smallest absolute Gasteiger partial charge is 0.227 e. The van der Waals surface area contributed by atoms with Crippen LogP contribution in [0.4, 0.5) is 11.4 Å². The van der Waals surface area contributed by atoms with Crippen molar-refractivity contribution in [3.63, 3.8) is 0 Å². The molecule has 0 saturated carbocycles. The van der Waals surface area contributed by atoms with Crippen LogP contribution in [0.5, 0.6) is 0 Å². The Hall–Kier alpha value is -1.82. The Morgan fingerprint density at radius 3 is 2.73 bits per heavy atom. The van der Waals surface area contributed by atoms with E-state index in [4.69, 9.17) is 0 Å². The monoisotopic (exact) mass is 320 g/mol. The highest BCUT2D eigenvalue weighted by Gasteiger charge is 2.31. The zero-order valence-corrected chi connectivity index (χ0v) is 13.8. The van der Waals surface area contributed by atoms with Crippen LogP contribution in [0.2, 0.25) is 0 Å². The molecule has 22 heavy (non-hydrogen) atoms. The molecule has 2 rings (SSSR count). The molecule has 1 aliphatic rings. The number of hydrogen-bond donors (Lipinski definition) is 1. The van der Waals surface area contributed by atoms with Gasteiger partial charge in [0.2, 0.25) is 11.8 Å². The van der Waals surface area contributed by atoms with Gasteiger partial charge in [-0.05, 0) is 30.5 Å². The first-order valence-corrected chi connectivity index (χ1v) is 8.17. The van der Waals surface area contributed by atoms with Crippen LogP contribution in [-0.2, 0) is 14.4 Å². The van der Waals surface area contributed by atoms with Crippen LogP contribution in [0.25, 0.3) is 0 Å². The Labute approximate surface area is 134 Å². The van der Waals surface area contributed by atoms with E-state index in [9.17, 15) is 14.4 Å². The molecule has 0 aromatic heterocycles. The fourth-order valence-electron chi connectivity index (χ4n) is 2.48. The maximum Gasteiger partial charge on any atom is 0.227 e. The number of benzene rings is 1. The minimum absolute atomic E-state index is 0.0618. The Balaban J connectivity index is 2.12. The lowest BCUT2D eigenvalue weighted by Crippen LogP contribution is -2.25. The predicted molar refractivity (Wildman–Crippen MR) is 89.1 cm³/mol. The lowest BCUT2D eigenvalue weighted by molar-refractivity contribution is -0.117. The summed E-state index contributed by atoms with van der Waals surface area (Å²) in [6.45, 7) is 5.52. The molecule has 1 atom stereocenters. The Morgan fingerprint density at radius 2 is 2.09 bits per heavy atom. The molecule has 5 nitrogen and oxygen atoms in total. The van der Waals surface area contributed by atoms with Gasteiger partial charge in [-0.1, -0.05) is 17.8 Å². The number of thioether (sulfide) groups is 1. The van der Waals surface area contributed by atoms with Crippen molar-refractivity contribution in [2.45, 2.75) is 27.2 Å². The Kier molecular flexibility index (Phi) is 5.24. The van der Waals surface area contributed by atoms with E-state index in [1.165, 1.54) is 18.7 Å². The molecule has 118 valence electrons. The number of hydrogen-bond acceptors (Lipinski definition) is 4. The lowest BCUT2D eigenvalue weighted by Gasteiger charge is -2.19. The fourth-order valence-corrected chi connectivity index (χ4v) is 3.17. The van der Waals surface area contributed by atoms with Crippen molar-refractivity contribution in [1.29, 1.82) is 0 Å². The van der Waals surface area contributed by atoms with Gasteiger partial charge in [0.1, 0.15) is 0 Å². The van der Waals surface area contributed by atoms with Crippen LogP contribution in [0.3, 0.4) is 0 Å². The highest BCUT2D eigenvalue weighted by molar-refractivity contribution is 8.13. The molecule has 1 saturated heterocycles. The van der Waals surface area contributed by atoms with Gasteiger partial charge in [0.05, 0.1) is 0 Å². The van der Waals surface area contributed by atoms with Gasteiger partial charge < -0.3 is 10.2 Å². The van der Waals surface area contributed by atoms with Crippen LogP contribution in [0, 0.1) is 12.8 Å². The molecule has 6 heteroatoms. The fraction of sp³-hybridized carbons (Fsp3) is 0.438. The van der Waals surface area contributed by atoms with E-state index in [0.29, 0.717) is 18.7 Å². The minimum Gasteiger partial charge on any atom is -0.326 e. The molecule has 0 radical (unpaired) electrons. The van der Waals surface area contributed by atoms with Gasteiger partial charge in [0, 0.05) is 43.9 Å². The van der Waals surface area contributed by atoms with Gasteiger partial charge in [0.15, 0.2) is 5.12 Å². The quantitative estimate of drug-likeness (QED) is 0.926. The van der Waals surface area contributed by atoms with Crippen LogP contribution in [0.1, 0.15) is 25.8 Å². The van der Waals surface area contributed by atoms with E-state index < -0.39 is 0 Å². The number of carbonyl (C=O) groups is 3. The van der Waals surface area contributed by atoms with Gasteiger partial charge in [0.25, 0.3) is 0 Å². The maximum absolute atomic E-state index is 12.2. The molecule has 0 aliphatic carbocycles. The molecule has 1 aromatic carbocycles. The average molecular weight is 320 g/mol. The van der Waals surface area contributed by atoms with Gasteiger partial charge in [-0.25, -0.2) is 0 Å². The number of rotatable bonds is 4. The summed E-state index contributed by atoms with van der Waals surface area (Å²) in [7, 11) is 0. The van der Waals surface area contributed by atoms with E-state index in [2.05, 4.69) is 5.32 Å². The predicted octanol–water partition coefficient (Wildman–Crippen LogP) is 2.59. The molecule has 0 spiro atoms. The highest BCUT2D eigenvalue weighted by atomic mass is 32.2. The SMILES string of the molecule is CC(=O)Nc1cc(N2CC(CSC(C)=O)CC2=O)ccc1C. The topological polar surface area (TPSA) is 66.5 Å². The lowest BCUT2D eigenvalue weighted by atomic mass is 10.1. The summed E-state index contributed by atoms with van der Waals surface area (Å²) in [5, 5.41) is 2.86. The van der Waals surface area contributed by atoms with Crippen molar-refractivity contribution < 1.29 is 14.4 Å². The molecule has 1 N–H and O–H groups in total. The second-order valence-corrected chi connectivity index (χ2v) is 6.75. The first kappa shape index (κ1) is 16.5. The molecular weight excluding hydrogens is 300 g/mol. The molecule has 1 heterocycles. The van der Waals surface area contributed by atoms with Crippen molar-refractivity contribution in [3.05, 3.63) is 23.8 Å². The first-order chi connectivity index (χ1) is 10.4. The third-order valence-electron chi connectivity index (χ3n) is 3.57. The molecule has 1 aliphatic heterocycles. The zero-order chi connectivity index (χ0) is 16.3. The molecule has 1 unspecified atom stereocenters. The second kappa shape index (κ2) is 6.96. The first-order valence-electron chi connectivity index (χ1n) is 7.18. The zero-order valence-electron chi connectivity index (χ0n) is 13.0. The third-order valence-corrected chi connectivity index (χ3v) is 4.62. The van der Waals surface area contributed by atoms with Crippen molar-refractivity contribution in [2.75, 3.05) is 22.5 Å². The van der Waals surface area contributed by atoms with Crippen molar-refractivity contribution in [3.8, 4) is 0 Å². The molecule has 1 aromatic rings. The third kappa shape index (κ3) is 4.10. The molecular formula is C16H20N2O3S. The summed E-state index contributed by atoms with van der Waals surface area (Å²) in [5.74, 6) is 0.782. The number of nitrogens with one attached hydrogen (secondary N) is 1. The number of anilines is 2. The summed E-state index contributed by atoms with van der Waals surface area (Å²) < 4.78 is 0. The van der Waals surface area contributed by atoms with Crippen molar-refractivity contribution in [1.82, 2.24) is 0 Å². The van der Waals surface area contributed by atoms with E-state index in [0.717, 1.165) is 16.9 Å². The largest absolute Gasteiger partial charge is 0.326 e. The average Bonchev–Trinajstić information content (AvgIpc) is 2.80. The van der Waals surface area contributed by atoms with Gasteiger partial charge >= 0.3 is 0 Å². The van der Waals surface area contributed by atoms with Crippen LogP contribution in [-0.4, -0.2) is 29.2 Å². The van der Waals surface area contributed by atoms with Crippen molar-refractivity contribution >= 4 is 40.1 Å². The Morgan fingerprint density at radius 1 is 1.36 bits per heavy atom. The number of carbonyl (C=O) groups excluding carboxylic acids is 3. The van der Waals surface area contributed by atoms with Crippen LogP contribution >= 0.6 is 11.8 Å². The summed E-state index contributed by atoms with van der Waals surface area (Å²) in [6, 6.07) is 5.61. The normalized spacial score (nSPS) is 17.7. The summed E-state index contributed by atoms with van der Waals surface area (Å²) >= 11 is 1.27. The molecule has 0 bridgehead atoms. The van der Waals surface area contributed by atoms with E-state index in [-0.39, 0.29) is 22.8 Å². The molecule has 2 amide bonds.